The predicted molar refractivity (Wildman–Crippen MR) is 228 cm³/mol. The van der Waals surface area contributed by atoms with Crippen molar-refractivity contribution in [1.82, 2.24) is 40.4 Å². The first-order chi connectivity index (χ1) is 29.1. The van der Waals surface area contributed by atoms with Crippen LogP contribution < -0.4 is 10.6 Å². The van der Waals surface area contributed by atoms with Crippen molar-refractivity contribution in [3.05, 3.63) is 84.7 Å². The zero-order valence-electron chi connectivity index (χ0n) is 34.4. The number of H-pyrrole nitrogens is 2. The van der Waals surface area contributed by atoms with Crippen LogP contribution in [0.2, 0.25) is 0 Å². The summed E-state index contributed by atoms with van der Waals surface area (Å²) in [5.74, 6) is 1.07. The van der Waals surface area contributed by atoms with Crippen LogP contribution in [0.5, 0.6) is 0 Å². The number of fused-ring (bicyclic) bond motifs is 1. The second kappa shape index (κ2) is 17.6. The number of amides is 4. The molecule has 4 unspecified atom stereocenters. The van der Waals surface area contributed by atoms with Gasteiger partial charge in [-0.15, -0.1) is 0 Å². The van der Waals surface area contributed by atoms with Crippen molar-refractivity contribution in [3.63, 3.8) is 0 Å². The standard InChI is InChI=1S/C46H54N8O6/c1-27(2)39(51-45(57)58)43(55)53-21-7-11-37(53)42-48-26-36(50-42)34-20-19-32-23-31(17-18-33(32)24-34)28-13-15-29(16-14-28)35-25-47-41(49-35)38-12-8-22-54(38)44(56)40(52-46(59)60-3)30-9-5-4-6-10-30/h13-20,23-27,30,37-40,51H,4-12,21-22H2,1-3H3,(H,47,49)(H,48,50)(H,52,59)(H,57,58). The molecule has 60 heavy (non-hydrogen) atoms. The van der Waals surface area contributed by atoms with E-state index in [9.17, 15) is 24.3 Å². The van der Waals surface area contributed by atoms with Gasteiger partial charge in [0.1, 0.15) is 23.7 Å². The molecule has 1 aliphatic carbocycles. The normalized spacial score (nSPS) is 19.4. The smallest absolute Gasteiger partial charge is 0.407 e. The Hall–Kier alpha value is -6.18. The molecule has 8 rings (SSSR count). The Morgan fingerprint density at radius 2 is 1.22 bits per heavy atom. The molecule has 5 aromatic rings. The quantitative estimate of drug-likeness (QED) is 0.0883. The number of likely N-dealkylation sites (tertiary alicyclic amines) is 2. The van der Waals surface area contributed by atoms with Crippen molar-refractivity contribution in [3.8, 4) is 33.6 Å². The lowest BCUT2D eigenvalue weighted by Gasteiger charge is -2.34. The van der Waals surface area contributed by atoms with Gasteiger partial charge in [-0.2, -0.15) is 0 Å². The molecule has 4 atom stereocenters. The lowest BCUT2D eigenvalue weighted by Crippen LogP contribution is -2.52. The van der Waals surface area contributed by atoms with Crippen molar-refractivity contribution in [2.24, 2.45) is 11.8 Å². The Morgan fingerprint density at radius 1 is 0.683 bits per heavy atom. The number of nitrogens with zero attached hydrogens (tertiary/aromatic N) is 4. The van der Waals surface area contributed by atoms with Crippen LogP contribution in [0.3, 0.4) is 0 Å². The van der Waals surface area contributed by atoms with Crippen molar-refractivity contribution < 1.29 is 29.0 Å². The van der Waals surface area contributed by atoms with Gasteiger partial charge in [0.05, 0.1) is 43.0 Å². The van der Waals surface area contributed by atoms with E-state index in [1.165, 1.54) is 7.11 Å². The number of benzene rings is 3. The zero-order chi connectivity index (χ0) is 41.9. The minimum atomic E-state index is -1.21. The molecule has 5 N–H and O–H groups in total. The van der Waals surface area contributed by atoms with Gasteiger partial charge in [-0.3, -0.25) is 9.59 Å². The fourth-order valence-electron chi connectivity index (χ4n) is 9.41. The molecule has 3 fully saturated rings. The fourth-order valence-corrected chi connectivity index (χ4v) is 9.41. The largest absolute Gasteiger partial charge is 0.465 e. The molecular formula is C46H54N8O6. The number of aromatic nitrogens is 4. The SMILES string of the molecule is COC(=O)NC(C(=O)N1CCCC1c1ncc(-c2ccc(-c3ccc4cc(-c5cnc(C6CCCN6C(=O)C(NC(=O)O)C(C)C)[nH]5)ccc4c3)cc2)[nH]1)C1CCCCC1. The van der Waals surface area contributed by atoms with Crippen molar-refractivity contribution in [2.45, 2.75) is 95.8 Å². The maximum Gasteiger partial charge on any atom is 0.407 e. The number of aromatic amines is 2. The number of rotatable bonds is 11. The van der Waals surface area contributed by atoms with E-state index in [0.717, 1.165) is 108 Å². The van der Waals surface area contributed by atoms with E-state index in [4.69, 9.17) is 9.72 Å². The number of carboxylic acid groups (broad SMARTS) is 1. The summed E-state index contributed by atoms with van der Waals surface area (Å²) in [5, 5.41) is 16.8. The van der Waals surface area contributed by atoms with Crippen LogP contribution >= 0.6 is 0 Å². The minimum Gasteiger partial charge on any atom is -0.465 e. The topological polar surface area (TPSA) is 186 Å². The highest BCUT2D eigenvalue weighted by atomic mass is 16.5. The molecule has 314 valence electrons. The van der Waals surface area contributed by atoms with E-state index in [2.05, 4.69) is 86.2 Å². The van der Waals surface area contributed by atoms with Crippen LogP contribution in [0.4, 0.5) is 9.59 Å². The molecular weight excluding hydrogens is 761 g/mol. The van der Waals surface area contributed by atoms with Crippen molar-refractivity contribution in [2.75, 3.05) is 20.2 Å². The van der Waals surface area contributed by atoms with Crippen LogP contribution in [0, 0.1) is 11.8 Å². The number of nitrogens with one attached hydrogen (secondary N) is 4. The number of alkyl carbamates (subject to hydrolysis) is 1. The van der Waals surface area contributed by atoms with E-state index in [1.807, 2.05) is 24.9 Å². The van der Waals surface area contributed by atoms with Crippen LogP contribution in [0.25, 0.3) is 44.4 Å². The lowest BCUT2D eigenvalue weighted by molar-refractivity contribution is -0.136. The Labute approximate surface area is 349 Å². The number of imidazole rings is 2. The molecule has 4 amide bonds. The van der Waals surface area contributed by atoms with Gasteiger partial charge in [0.15, 0.2) is 0 Å². The van der Waals surface area contributed by atoms with E-state index in [-0.39, 0.29) is 35.7 Å². The number of hydrogen-bond acceptors (Lipinski definition) is 7. The number of carbonyl (C=O) groups is 4. The molecule has 3 aliphatic rings. The maximum absolute atomic E-state index is 14.0. The molecule has 14 nitrogen and oxygen atoms in total. The van der Waals surface area contributed by atoms with Gasteiger partial charge in [0, 0.05) is 18.7 Å². The Balaban J connectivity index is 0.938. The maximum atomic E-state index is 14.0. The molecule has 2 aliphatic heterocycles. The summed E-state index contributed by atoms with van der Waals surface area (Å²) in [5.41, 5.74) is 5.87. The molecule has 2 saturated heterocycles. The lowest BCUT2D eigenvalue weighted by atomic mass is 9.83. The molecule has 0 radical (unpaired) electrons. The summed E-state index contributed by atoms with van der Waals surface area (Å²) in [7, 11) is 1.33. The second-order valence-electron chi connectivity index (χ2n) is 16.8. The summed E-state index contributed by atoms with van der Waals surface area (Å²) < 4.78 is 4.90. The van der Waals surface area contributed by atoms with Gasteiger partial charge in [-0.1, -0.05) is 81.6 Å². The summed E-state index contributed by atoms with van der Waals surface area (Å²) in [6, 6.07) is 19.2. The van der Waals surface area contributed by atoms with Gasteiger partial charge >= 0.3 is 12.2 Å². The van der Waals surface area contributed by atoms with Gasteiger partial charge in [0.25, 0.3) is 0 Å². The Bertz CT molecular complexity index is 2350. The fraction of sp³-hybridized carbons (Fsp3) is 0.435. The van der Waals surface area contributed by atoms with E-state index >= 15 is 0 Å². The number of methoxy groups -OCH3 is 1. The van der Waals surface area contributed by atoms with Gasteiger partial charge in [-0.25, -0.2) is 19.6 Å². The highest BCUT2D eigenvalue weighted by Gasteiger charge is 2.40. The Morgan fingerprint density at radius 3 is 1.80 bits per heavy atom. The monoisotopic (exact) mass is 814 g/mol. The summed E-state index contributed by atoms with van der Waals surface area (Å²) in [6.45, 7) is 4.85. The van der Waals surface area contributed by atoms with Gasteiger partial charge < -0.3 is 40.2 Å². The summed E-state index contributed by atoms with van der Waals surface area (Å²) >= 11 is 0. The first-order valence-electron chi connectivity index (χ1n) is 21.3. The predicted octanol–water partition coefficient (Wildman–Crippen LogP) is 8.21. The average Bonchev–Trinajstić information content (AvgIpc) is 4.11. The molecule has 3 aromatic carbocycles. The van der Waals surface area contributed by atoms with Crippen LogP contribution in [-0.4, -0.2) is 91.1 Å². The Kier molecular flexibility index (Phi) is 11.9. The molecule has 14 heteroatoms. The molecule has 0 bridgehead atoms. The number of carbonyl (C=O) groups excluding carboxylic acids is 3. The molecule has 2 aromatic heterocycles. The van der Waals surface area contributed by atoms with Gasteiger partial charge in [-0.05, 0) is 90.0 Å². The molecule has 4 heterocycles. The first kappa shape index (κ1) is 40.6. The van der Waals surface area contributed by atoms with Crippen molar-refractivity contribution >= 4 is 34.8 Å². The minimum absolute atomic E-state index is 0.0606. The third-order valence-corrected chi connectivity index (χ3v) is 12.6. The highest BCUT2D eigenvalue weighted by molar-refractivity contribution is 5.91. The number of hydrogen-bond donors (Lipinski definition) is 5. The summed E-state index contributed by atoms with van der Waals surface area (Å²) in [6.07, 6.45) is 10.2. The second-order valence-corrected chi connectivity index (χ2v) is 16.8. The van der Waals surface area contributed by atoms with Gasteiger partial charge in [0.2, 0.25) is 11.8 Å². The summed E-state index contributed by atoms with van der Waals surface area (Å²) in [4.78, 5) is 71.1. The average molecular weight is 815 g/mol. The third-order valence-electron chi connectivity index (χ3n) is 12.6. The highest BCUT2D eigenvalue weighted by Crippen LogP contribution is 2.37. The van der Waals surface area contributed by atoms with Crippen molar-refractivity contribution in [1.29, 1.82) is 0 Å². The molecule has 0 spiro atoms. The van der Waals surface area contributed by atoms with E-state index < -0.39 is 24.3 Å². The number of ether oxygens (including phenoxy) is 1. The zero-order valence-corrected chi connectivity index (χ0v) is 34.4. The van der Waals surface area contributed by atoms with Crippen LogP contribution in [0.1, 0.15) is 95.4 Å². The first-order valence-corrected chi connectivity index (χ1v) is 21.3. The molecule has 1 saturated carbocycles. The van der Waals surface area contributed by atoms with Crippen LogP contribution in [-0.2, 0) is 14.3 Å². The van der Waals surface area contributed by atoms with Crippen LogP contribution in [0.15, 0.2) is 73.1 Å². The van der Waals surface area contributed by atoms with E-state index in [0.29, 0.717) is 18.9 Å². The van der Waals surface area contributed by atoms with E-state index in [1.54, 1.807) is 11.1 Å². The third kappa shape index (κ3) is 8.45.